The van der Waals surface area contributed by atoms with Crippen molar-refractivity contribution in [2.24, 2.45) is 5.73 Å². The number of carbonyl (C=O) groups is 1. The second-order valence-electron chi connectivity index (χ2n) is 3.89. The molecule has 0 saturated carbocycles. The smallest absolute Gasteiger partial charge is 0.236 e. The van der Waals surface area contributed by atoms with E-state index in [0.29, 0.717) is 25.5 Å². The summed E-state index contributed by atoms with van der Waals surface area (Å²) in [6, 6.07) is 5.39. The van der Waals surface area contributed by atoms with E-state index in [9.17, 15) is 4.79 Å². The number of morpholine rings is 1. The molecule has 17 heavy (non-hydrogen) atoms. The Hall–Kier alpha value is -1.66. The van der Waals surface area contributed by atoms with Crippen LogP contribution in [0.15, 0.2) is 18.2 Å². The van der Waals surface area contributed by atoms with Gasteiger partial charge < -0.3 is 21.1 Å². The summed E-state index contributed by atoms with van der Waals surface area (Å²) in [7, 11) is 0. The molecule has 0 aliphatic carbocycles. The molecule has 1 unspecified atom stereocenters. The maximum Gasteiger partial charge on any atom is 0.236 e. The minimum absolute atomic E-state index is 0.0249. The van der Waals surface area contributed by atoms with Crippen molar-refractivity contribution < 1.29 is 9.53 Å². The first-order chi connectivity index (χ1) is 8.20. The lowest BCUT2D eigenvalue weighted by Gasteiger charge is -2.32. The van der Waals surface area contributed by atoms with E-state index in [4.69, 9.17) is 16.2 Å². The molecule has 0 aromatic carbocycles. The van der Waals surface area contributed by atoms with E-state index in [1.807, 2.05) is 12.1 Å². The number of nitrogen functional groups attached to an aromatic ring is 1. The van der Waals surface area contributed by atoms with Gasteiger partial charge in [-0.05, 0) is 12.1 Å². The van der Waals surface area contributed by atoms with Crippen LogP contribution < -0.4 is 11.5 Å². The van der Waals surface area contributed by atoms with Gasteiger partial charge >= 0.3 is 0 Å². The third-order valence-corrected chi connectivity index (χ3v) is 2.72. The highest BCUT2D eigenvalue weighted by Gasteiger charge is 2.25. The van der Waals surface area contributed by atoms with Crippen LogP contribution in [0.3, 0.4) is 0 Å². The van der Waals surface area contributed by atoms with Crippen LogP contribution in [-0.4, -0.2) is 42.0 Å². The Bertz CT molecular complexity index is 410. The number of anilines is 1. The van der Waals surface area contributed by atoms with Gasteiger partial charge in [-0.3, -0.25) is 4.79 Å². The monoisotopic (exact) mass is 236 g/mol. The second kappa shape index (κ2) is 5.11. The molecule has 1 atom stereocenters. The first-order valence-electron chi connectivity index (χ1n) is 5.52. The van der Waals surface area contributed by atoms with Gasteiger partial charge in [-0.1, -0.05) is 6.07 Å². The lowest BCUT2D eigenvalue weighted by atomic mass is 10.2. The number of hydrogen-bond donors (Lipinski definition) is 2. The lowest BCUT2D eigenvalue weighted by molar-refractivity contribution is -0.137. The molecule has 2 heterocycles. The molecule has 1 saturated heterocycles. The van der Waals surface area contributed by atoms with Crippen LogP contribution in [0.25, 0.3) is 0 Å². The molecule has 2 rings (SSSR count). The molecule has 1 aromatic rings. The number of amides is 1. The number of nitrogens with two attached hydrogens (primary N) is 2. The van der Waals surface area contributed by atoms with E-state index in [-0.39, 0.29) is 18.6 Å². The van der Waals surface area contributed by atoms with Gasteiger partial charge in [0.15, 0.2) is 0 Å². The van der Waals surface area contributed by atoms with E-state index in [1.54, 1.807) is 11.0 Å². The first kappa shape index (κ1) is 11.8. The molecule has 4 N–H and O–H groups in total. The molecule has 92 valence electrons. The lowest BCUT2D eigenvalue weighted by Crippen LogP contribution is -2.45. The van der Waals surface area contributed by atoms with Crippen LogP contribution in [0.2, 0.25) is 0 Å². The Labute approximate surface area is 99.5 Å². The molecule has 1 aromatic heterocycles. The Morgan fingerprint density at radius 3 is 3.12 bits per heavy atom. The highest BCUT2D eigenvalue weighted by atomic mass is 16.5. The number of rotatable bonds is 2. The van der Waals surface area contributed by atoms with Gasteiger partial charge in [0.25, 0.3) is 0 Å². The summed E-state index contributed by atoms with van der Waals surface area (Å²) in [5.41, 5.74) is 11.7. The van der Waals surface area contributed by atoms with Crippen molar-refractivity contribution >= 4 is 11.7 Å². The molecule has 1 fully saturated rings. The Morgan fingerprint density at radius 1 is 1.59 bits per heavy atom. The predicted molar refractivity (Wildman–Crippen MR) is 63.0 cm³/mol. The summed E-state index contributed by atoms with van der Waals surface area (Å²) < 4.78 is 5.59. The number of carbonyl (C=O) groups excluding carboxylic acids is 1. The summed E-state index contributed by atoms with van der Waals surface area (Å²) in [4.78, 5) is 17.4. The van der Waals surface area contributed by atoms with Gasteiger partial charge in [-0.25, -0.2) is 4.98 Å². The summed E-state index contributed by atoms with van der Waals surface area (Å²) in [5, 5.41) is 0. The molecule has 0 bridgehead atoms. The van der Waals surface area contributed by atoms with E-state index in [0.717, 1.165) is 5.69 Å². The van der Waals surface area contributed by atoms with Crippen molar-refractivity contribution in [3.8, 4) is 0 Å². The van der Waals surface area contributed by atoms with Crippen molar-refractivity contribution in [2.75, 3.05) is 32.0 Å². The third-order valence-electron chi connectivity index (χ3n) is 2.72. The van der Waals surface area contributed by atoms with E-state index >= 15 is 0 Å². The zero-order valence-electron chi connectivity index (χ0n) is 9.50. The van der Waals surface area contributed by atoms with E-state index in [2.05, 4.69) is 4.98 Å². The Morgan fingerprint density at radius 2 is 2.41 bits per heavy atom. The zero-order chi connectivity index (χ0) is 12.3. The van der Waals surface area contributed by atoms with Crippen LogP contribution in [0.5, 0.6) is 0 Å². The molecular formula is C11H16N4O2. The predicted octanol–water partition coefficient (Wildman–Crippen LogP) is -0.478. The Balaban J connectivity index is 2.09. The van der Waals surface area contributed by atoms with Crippen molar-refractivity contribution in [1.29, 1.82) is 0 Å². The molecule has 1 aliphatic rings. The summed E-state index contributed by atoms with van der Waals surface area (Å²) in [5.74, 6) is 0.385. The Kier molecular flexibility index (Phi) is 3.55. The van der Waals surface area contributed by atoms with Gasteiger partial charge in [-0.15, -0.1) is 0 Å². The van der Waals surface area contributed by atoms with Crippen molar-refractivity contribution in [2.45, 2.75) is 6.10 Å². The maximum absolute atomic E-state index is 11.5. The van der Waals surface area contributed by atoms with Crippen LogP contribution >= 0.6 is 0 Å². The van der Waals surface area contributed by atoms with Gasteiger partial charge in [0.2, 0.25) is 5.91 Å². The standard InChI is InChI=1S/C11H16N4O2/c12-6-11(16)15-4-5-17-9(7-15)8-2-1-3-10(13)14-8/h1-3,9H,4-7,12H2,(H2,13,14). The van der Waals surface area contributed by atoms with E-state index in [1.165, 1.54) is 0 Å². The summed E-state index contributed by atoms with van der Waals surface area (Å²) in [6.07, 6.45) is -0.220. The average Bonchev–Trinajstić information content (AvgIpc) is 2.38. The molecule has 1 aliphatic heterocycles. The van der Waals surface area contributed by atoms with Crippen LogP contribution in [0, 0.1) is 0 Å². The number of pyridine rings is 1. The van der Waals surface area contributed by atoms with Gasteiger partial charge in [0, 0.05) is 6.54 Å². The second-order valence-corrected chi connectivity index (χ2v) is 3.89. The molecule has 6 nitrogen and oxygen atoms in total. The number of aromatic nitrogens is 1. The third kappa shape index (κ3) is 2.72. The topological polar surface area (TPSA) is 94.5 Å². The molecule has 1 amide bonds. The van der Waals surface area contributed by atoms with Crippen LogP contribution in [0.1, 0.15) is 11.8 Å². The minimum Gasteiger partial charge on any atom is -0.384 e. The SMILES string of the molecule is NCC(=O)N1CCOC(c2cccc(N)n2)C1. The number of ether oxygens (including phenoxy) is 1. The molecule has 6 heteroatoms. The van der Waals surface area contributed by atoms with Crippen molar-refractivity contribution in [3.63, 3.8) is 0 Å². The van der Waals surface area contributed by atoms with Gasteiger partial charge in [0.1, 0.15) is 11.9 Å². The zero-order valence-corrected chi connectivity index (χ0v) is 9.50. The fraction of sp³-hybridized carbons (Fsp3) is 0.455. The largest absolute Gasteiger partial charge is 0.384 e. The molecule has 0 spiro atoms. The number of nitrogens with zero attached hydrogens (tertiary/aromatic N) is 2. The normalized spacial score (nSPS) is 20.3. The van der Waals surface area contributed by atoms with Gasteiger partial charge in [-0.2, -0.15) is 0 Å². The quantitative estimate of drug-likeness (QED) is 0.723. The maximum atomic E-state index is 11.5. The minimum atomic E-state index is -0.220. The first-order valence-corrected chi connectivity index (χ1v) is 5.52. The van der Waals surface area contributed by atoms with Gasteiger partial charge in [0.05, 0.1) is 25.4 Å². The van der Waals surface area contributed by atoms with E-state index < -0.39 is 0 Å². The fourth-order valence-electron chi connectivity index (χ4n) is 1.83. The molecule has 0 radical (unpaired) electrons. The summed E-state index contributed by atoms with van der Waals surface area (Å²) >= 11 is 0. The summed E-state index contributed by atoms with van der Waals surface area (Å²) in [6.45, 7) is 1.57. The highest BCUT2D eigenvalue weighted by molar-refractivity contribution is 5.78. The van der Waals surface area contributed by atoms with Crippen molar-refractivity contribution in [1.82, 2.24) is 9.88 Å². The number of hydrogen-bond acceptors (Lipinski definition) is 5. The van der Waals surface area contributed by atoms with Crippen LogP contribution in [0.4, 0.5) is 5.82 Å². The molecular weight excluding hydrogens is 220 g/mol. The fourth-order valence-corrected chi connectivity index (χ4v) is 1.83. The van der Waals surface area contributed by atoms with Crippen molar-refractivity contribution in [3.05, 3.63) is 23.9 Å². The average molecular weight is 236 g/mol. The van der Waals surface area contributed by atoms with Crippen LogP contribution in [-0.2, 0) is 9.53 Å². The highest BCUT2D eigenvalue weighted by Crippen LogP contribution is 2.21.